The number of carbonyl (C=O) groups is 2. The topological polar surface area (TPSA) is 64.6 Å². The van der Waals surface area contributed by atoms with Gasteiger partial charge in [0.25, 0.3) is 5.91 Å². The van der Waals surface area contributed by atoms with Crippen LogP contribution in [-0.2, 0) is 14.3 Å². The van der Waals surface area contributed by atoms with E-state index in [-0.39, 0.29) is 19.1 Å². The van der Waals surface area contributed by atoms with Gasteiger partial charge in [0.2, 0.25) is 0 Å². The molecule has 1 aliphatic heterocycles. The summed E-state index contributed by atoms with van der Waals surface area (Å²) in [5, 5.41) is 2.69. The second-order valence-electron chi connectivity index (χ2n) is 5.13. The summed E-state index contributed by atoms with van der Waals surface area (Å²) in [4.78, 5) is 23.9. The smallest absolute Gasteiger partial charge is 0.338 e. The summed E-state index contributed by atoms with van der Waals surface area (Å²) in [7, 11) is 0. The molecule has 0 atom stereocenters. The van der Waals surface area contributed by atoms with Gasteiger partial charge in [0.1, 0.15) is 12.4 Å². The summed E-state index contributed by atoms with van der Waals surface area (Å²) in [6, 6.07) is 14.8. The standard InChI is InChI=1S/C18H14INO4/c19-14-5-3-6-15(9-14)20-17(21)11-24-18(22)13-8-12-4-1-2-7-16(12)23-10-13/h1-9H,10-11H2,(H,20,21). The van der Waals surface area contributed by atoms with Gasteiger partial charge in [-0.1, -0.05) is 24.3 Å². The number of halogens is 1. The van der Waals surface area contributed by atoms with Gasteiger partial charge in [-0.3, -0.25) is 4.79 Å². The molecule has 2 aromatic carbocycles. The molecular weight excluding hydrogens is 421 g/mol. The third-order valence-corrected chi connectivity index (χ3v) is 4.01. The number of para-hydroxylation sites is 1. The molecule has 122 valence electrons. The van der Waals surface area contributed by atoms with E-state index in [2.05, 4.69) is 27.9 Å². The van der Waals surface area contributed by atoms with Gasteiger partial charge >= 0.3 is 5.97 Å². The van der Waals surface area contributed by atoms with Crippen LogP contribution in [0, 0.1) is 3.57 Å². The van der Waals surface area contributed by atoms with Crippen LogP contribution in [0.2, 0.25) is 0 Å². The van der Waals surface area contributed by atoms with Gasteiger partial charge in [0.15, 0.2) is 6.61 Å². The summed E-state index contributed by atoms with van der Waals surface area (Å²) in [5.41, 5.74) is 1.87. The quantitative estimate of drug-likeness (QED) is 0.592. The first-order chi connectivity index (χ1) is 11.6. The summed E-state index contributed by atoms with van der Waals surface area (Å²) < 4.78 is 11.6. The molecule has 0 aliphatic carbocycles. The first-order valence-electron chi connectivity index (χ1n) is 7.27. The number of nitrogens with one attached hydrogen (secondary N) is 1. The molecule has 1 N–H and O–H groups in total. The number of ether oxygens (including phenoxy) is 2. The van der Waals surface area contributed by atoms with Crippen molar-refractivity contribution >= 4 is 46.2 Å². The first kappa shape index (κ1) is 16.5. The lowest BCUT2D eigenvalue weighted by molar-refractivity contribution is -0.143. The molecule has 24 heavy (non-hydrogen) atoms. The van der Waals surface area contributed by atoms with Gasteiger partial charge in [-0.15, -0.1) is 0 Å². The number of carbonyl (C=O) groups excluding carboxylic acids is 2. The summed E-state index contributed by atoms with van der Waals surface area (Å²) in [6.07, 6.45) is 1.72. The average Bonchev–Trinajstić information content (AvgIpc) is 2.59. The monoisotopic (exact) mass is 435 g/mol. The largest absolute Gasteiger partial charge is 0.488 e. The molecular formula is C18H14INO4. The molecule has 0 unspecified atom stereocenters. The molecule has 0 saturated heterocycles. The van der Waals surface area contributed by atoms with E-state index in [0.29, 0.717) is 11.3 Å². The minimum absolute atomic E-state index is 0.133. The highest BCUT2D eigenvalue weighted by molar-refractivity contribution is 14.1. The maximum Gasteiger partial charge on any atom is 0.338 e. The second kappa shape index (κ2) is 7.48. The van der Waals surface area contributed by atoms with Crippen LogP contribution in [-0.4, -0.2) is 25.1 Å². The molecule has 2 aromatic rings. The van der Waals surface area contributed by atoms with Crippen molar-refractivity contribution in [2.45, 2.75) is 0 Å². The minimum Gasteiger partial charge on any atom is -0.488 e. The molecule has 0 spiro atoms. The number of hydrogen-bond donors (Lipinski definition) is 1. The molecule has 6 heteroatoms. The van der Waals surface area contributed by atoms with E-state index in [4.69, 9.17) is 9.47 Å². The zero-order chi connectivity index (χ0) is 16.9. The number of esters is 1. The molecule has 3 rings (SSSR count). The molecule has 0 fully saturated rings. The highest BCUT2D eigenvalue weighted by atomic mass is 127. The Balaban J connectivity index is 1.56. The number of anilines is 1. The molecule has 0 bridgehead atoms. The van der Waals surface area contributed by atoms with E-state index in [1.54, 1.807) is 12.1 Å². The normalized spacial score (nSPS) is 12.5. The third-order valence-electron chi connectivity index (χ3n) is 3.34. The average molecular weight is 435 g/mol. The van der Waals surface area contributed by atoms with Gasteiger partial charge < -0.3 is 14.8 Å². The van der Waals surface area contributed by atoms with Crippen LogP contribution >= 0.6 is 22.6 Å². The van der Waals surface area contributed by atoms with Crippen molar-refractivity contribution in [1.82, 2.24) is 0 Å². The Labute approximate surface area is 152 Å². The number of hydrogen-bond acceptors (Lipinski definition) is 4. The van der Waals surface area contributed by atoms with Crippen molar-refractivity contribution in [2.24, 2.45) is 0 Å². The fraction of sp³-hybridized carbons (Fsp3) is 0.111. The van der Waals surface area contributed by atoms with Crippen LogP contribution in [0.25, 0.3) is 6.08 Å². The molecule has 5 nitrogen and oxygen atoms in total. The number of fused-ring (bicyclic) bond motifs is 1. The fourth-order valence-corrected chi connectivity index (χ4v) is 2.76. The molecule has 0 radical (unpaired) electrons. The van der Waals surface area contributed by atoms with E-state index in [0.717, 1.165) is 14.9 Å². The summed E-state index contributed by atoms with van der Waals surface area (Å²) in [6.45, 7) is -0.211. The molecule has 0 saturated carbocycles. The predicted molar refractivity (Wildman–Crippen MR) is 98.7 cm³/mol. The highest BCUT2D eigenvalue weighted by Crippen LogP contribution is 2.26. The van der Waals surface area contributed by atoms with E-state index >= 15 is 0 Å². The lowest BCUT2D eigenvalue weighted by Gasteiger charge is -2.16. The second-order valence-corrected chi connectivity index (χ2v) is 6.38. The lowest BCUT2D eigenvalue weighted by atomic mass is 10.1. The maximum atomic E-state index is 12.1. The van der Waals surface area contributed by atoms with Crippen molar-refractivity contribution in [3.63, 3.8) is 0 Å². The van der Waals surface area contributed by atoms with Gasteiger partial charge in [-0.25, -0.2) is 4.79 Å². The molecule has 1 heterocycles. The SMILES string of the molecule is O=C(COC(=O)C1=Cc2ccccc2OC1)Nc1cccc(I)c1. The number of amides is 1. The maximum absolute atomic E-state index is 12.1. The van der Waals surface area contributed by atoms with Crippen molar-refractivity contribution < 1.29 is 19.1 Å². The van der Waals surface area contributed by atoms with Crippen molar-refractivity contribution in [2.75, 3.05) is 18.5 Å². The van der Waals surface area contributed by atoms with E-state index in [1.165, 1.54) is 0 Å². The third kappa shape index (κ3) is 4.14. The lowest BCUT2D eigenvalue weighted by Crippen LogP contribution is -2.23. The summed E-state index contributed by atoms with van der Waals surface area (Å²) >= 11 is 2.16. The minimum atomic E-state index is -0.553. The van der Waals surface area contributed by atoms with E-state index < -0.39 is 5.97 Å². The Morgan fingerprint density at radius 2 is 2.00 bits per heavy atom. The van der Waals surface area contributed by atoms with Crippen LogP contribution in [0.15, 0.2) is 54.1 Å². The predicted octanol–water partition coefficient (Wildman–Crippen LogP) is 3.25. The number of rotatable bonds is 4. The molecule has 1 aliphatic rings. The Hall–Kier alpha value is -2.35. The van der Waals surface area contributed by atoms with Gasteiger partial charge in [-0.2, -0.15) is 0 Å². The Morgan fingerprint density at radius 1 is 1.17 bits per heavy atom. The van der Waals surface area contributed by atoms with Crippen LogP contribution in [0.5, 0.6) is 5.75 Å². The van der Waals surface area contributed by atoms with Crippen molar-refractivity contribution in [1.29, 1.82) is 0 Å². The van der Waals surface area contributed by atoms with Gasteiger partial charge in [0.05, 0.1) is 5.57 Å². The Bertz CT molecular complexity index is 816. The van der Waals surface area contributed by atoms with Crippen LogP contribution < -0.4 is 10.1 Å². The van der Waals surface area contributed by atoms with Gasteiger partial charge in [-0.05, 0) is 52.9 Å². The van der Waals surface area contributed by atoms with Crippen molar-refractivity contribution in [3.05, 3.63) is 63.2 Å². The number of benzene rings is 2. The van der Waals surface area contributed by atoms with Gasteiger partial charge in [0, 0.05) is 14.8 Å². The van der Waals surface area contributed by atoms with Crippen LogP contribution in [0.4, 0.5) is 5.69 Å². The summed E-state index contributed by atoms with van der Waals surface area (Å²) in [5.74, 6) is -0.212. The first-order valence-corrected chi connectivity index (χ1v) is 8.34. The zero-order valence-corrected chi connectivity index (χ0v) is 14.8. The Morgan fingerprint density at radius 3 is 2.83 bits per heavy atom. The zero-order valence-electron chi connectivity index (χ0n) is 12.6. The van der Waals surface area contributed by atoms with E-state index in [1.807, 2.05) is 42.5 Å². The van der Waals surface area contributed by atoms with Crippen LogP contribution in [0.1, 0.15) is 5.56 Å². The Kier molecular flexibility index (Phi) is 5.14. The highest BCUT2D eigenvalue weighted by Gasteiger charge is 2.19. The van der Waals surface area contributed by atoms with Crippen molar-refractivity contribution in [3.8, 4) is 5.75 Å². The molecule has 1 amide bonds. The van der Waals surface area contributed by atoms with E-state index in [9.17, 15) is 9.59 Å². The van der Waals surface area contributed by atoms with Crippen LogP contribution in [0.3, 0.4) is 0 Å². The molecule has 0 aromatic heterocycles. The fourth-order valence-electron chi connectivity index (χ4n) is 2.22.